The second kappa shape index (κ2) is 26.1. The van der Waals surface area contributed by atoms with E-state index in [2.05, 4.69) is 127 Å². The van der Waals surface area contributed by atoms with Gasteiger partial charge in [0, 0.05) is 86.3 Å². The van der Waals surface area contributed by atoms with E-state index in [-0.39, 0.29) is 33.6 Å². The summed E-state index contributed by atoms with van der Waals surface area (Å²) in [7, 11) is 1.65. The zero-order chi connectivity index (χ0) is 50.8. The van der Waals surface area contributed by atoms with Crippen LogP contribution in [-0.2, 0) is 14.4 Å². The Morgan fingerprint density at radius 3 is 1.36 bits per heavy atom. The van der Waals surface area contributed by atoms with Crippen LogP contribution in [0.5, 0.6) is 5.75 Å². The summed E-state index contributed by atoms with van der Waals surface area (Å²) in [6.07, 6.45) is 27.2. The van der Waals surface area contributed by atoms with E-state index in [1.54, 1.807) is 37.7 Å². The molecule has 3 aliphatic heterocycles. The van der Waals surface area contributed by atoms with Crippen LogP contribution in [0.1, 0.15) is 119 Å². The third-order valence-corrected chi connectivity index (χ3v) is 12.7. The zero-order valence-electron chi connectivity index (χ0n) is 44.2. The van der Waals surface area contributed by atoms with Crippen molar-refractivity contribution in [2.24, 2.45) is 34.0 Å². The summed E-state index contributed by atoms with van der Waals surface area (Å²) in [6.45, 7) is 32.2. The number of hydrogen-bond acceptors (Lipinski definition) is 8. The van der Waals surface area contributed by atoms with Gasteiger partial charge in [-0.05, 0) is 101 Å². The first kappa shape index (κ1) is 55.6. The molecule has 2 aromatic carbocycles. The number of ketones is 3. The molecule has 1 aromatic heterocycles. The molecular formula is C60H83N5O4. The van der Waals surface area contributed by atoms with E-state index in [0.717, 1.165) is 97.7 Å². The molecule has 1 N–H and O–H groups in total. The van der Waals surface area contributed by atoms with Gasteiger partial charge in [-0.2, -0.15) is 5.10 Å². The molecule has 3 aliphatic rings. The summed E-state index contributed by atoms with van der Waals surface area (Å²) in [5.41, 5.74) is 5.56. The van der Waals surface area contributed by atoms with Crippen LogP contribution in [0.3, 0.4) is 0 Å². The summed E-state index contributed by atoms with van der Waals surface area (Å²) in [5, 5.41) is 6.62. The summed E-state index contributed by atoms with van der Waals surface area (Å²) in [5.74, 6) is 2.92. The molecule has 6 rings (SSSR count). The molecule has 0 aliphatic carbocycles. The Morgan fingerprint density at radius 1 is 0.565 bits per heavy atom. The van der Waals surface area contributed by atoms with Crippen molar-refractivity contribution in [3.8, 4) is 5.75 Å². The number of hydrogen-bond donors (Lipinski definition) is 1. The van der Waals surface area contributed by atoms with Crippen LogP contribution >= 0.6 is 0 Å². The van der Waals surface area contributed by atoms with Gasteiger partial charge in [0.15, 0.2) is 17.3 Å². The lowest BCUT2D eigenvalue weighted by molar-refractivity contribution is -0.113. The first-order valence-electron chi connectivity index (χ1n) is 25.0. The Kier molecular flexibility index (Phi) is 21.1. The number of nitrogens with one attached hydrogen (secondary N) is 1. The molecule has 9 heteroatoms. The van der Waals surface area contributed by atoms with Gasteiger partial charge in [-0.1, -0.05) is 150 Å². The molecule has 0 bridgehead atoms. The van der Waals surface area contributed by atoms with Crippen LogP contribution in [0.4, 0.5) is 0 Å². The van der Waals surface area contributed by atoms with Gasteiger partial charge in [-0.25, -0.2) is 0 Å². The molecule has 3 aromatic rings. The van der Waals surface area contributed by atoms with Crippen molar-refractivity contribution in [3.63, 3.8) is 0 Å². The van der Waals surface area contributed by atoms with Crippen LogP contribution in [0.2, 0.25) is 0 Å². The molecule has 0 fully saturated rings. The average molecular weight is 938 g/mol. The number of allylic oxidation sites excluding steroid dienone is 8. The Morgan fingerprint density at radius 2 is 0.971 bits per heavy atom. The predicted octanol–water partition coefficient (Wildman–Crippen LogP) is 12.9. The third-order valence-electron chi connectivity index (χ3n) is 12.7. The van der Waals surface area contributed by atoms with Crippen LogP contribution in [0.25, 0.3) is 18.2 Å². The summed E-state index contributed by atoms with van der Waals surface area (Å²) in [4.78, 5) is 44.7. The highest BCUT2D eigenvalue weighted by atomic mass is 16.5. The molecule has 0 unspecified atom stereocenters. The van der Waals surface area contributed by atoms with Crippen molar-refractivity contribution in [1.82, 2.24) is 24.9 Å². The minimum atomic E-state index is -0.0746. The molecule has 69 heavy (non-hydrogen) atoms. The number of aromatic amines is 1. The van der Waals surface area contributed by atoms with Gasteiger partial charge in [0.1, 0.15) is 5.75 Å². The highest BCUT2D eigenvalue weighted by Gasteiger charge is 2.34. The number of carbonyl (C=O) groups is 3. The van der Waals surface area contributed by atoms with E-state index in [1.807, 2.05) is 85.0 Å². The SMILES string of the molecule is CC(C)CN1C=C(C(=O)/C=C/C=Cc2ccccc2)C(C)(C)CC1.CC(C)CN1C=C(C(=O)/C=C/c2cn[nH]c2)C(C)(C)CC1.COc1ccc(/C=C/C(=O)C2=CN(CC(C)C)CCC2(C)C)cc1. The summed E-state index contributed by atoms with van der Waals surface area (Å²) >= 11 is 0. The number of benzene rings is 2. The molecule has 0 spiro atoms. The van der Waals surface area contributed by atoms with Gasteiger partial charge in [0.2, 0.25) is 0 Å². The number of rotatable bonds is 17. The van der Waals surface area contributed by atoms with Gasteiger partial charge in [-0.15, -0.1) is 0 Å². The van der Waals surface area contributed by atoms with Crippen LogP contribution in [0.15, 0.2) is 133 Å². The highest BCUT2D eigenvalue weighted by molar-refractivity contribution is 6.08. The molecule has 372 valence electrons. The van der Waals surface area contributed by atoms with Gasteiger partial charge in [0.05, 0.1) is 13.3 Å². The largest absolute Gasteiger partial charge is 0.497 e. The van der Waals surface area contributed by atoms with E-state index < -0.39 is 0 Å². The number of aromatic nitrogens is 2. The topological polar surface area (TPSA) is 98.8 Å². The van der Waals surface area contributed by atoms with Gasteiger partial charge >= 0.3 is 0 Å². The van der Waals surface area contributed by atoms with Gasteiger partial charge in [-0.3, -0.25) is 19.5 Å². The number of carbonyl (C=O) groups excluding carboxylic acids is 3. The fraction of sp³-hybridized carbons (Fsp3) is 0.467. The predicted molar refractivity (Wildman–Crippen MR) is 288 cm³/mol. The normalized spacial score (nSPS) is 17.7. The molecule has 0 radical (unpaired) electrons. The lowest BCUT2D eigenvalue weighted by atomic mass is 9.77. The Labute approximate surface area is 415 Å². The monoisotopic (exact) mass is 938 g/mol. The van der Waals surface area contributed by atoms with E-state index in [1.165, 1.54) is 0 Å². The quantitative estimate of drug-likeness (QED) is 0.106. The first-order chi connectivity index (χ1) is 32.6. The van der Waals surface area contributed by atoms with Crippen molar-refractivity contribution in [2.45, 2.75) is 102 Å². The fourth-order valence-corrected chi connectivity index (χ4v) is 8.52. The lowest BCUT2D eigenvalue weighted by Crippen LogP contribution is -2.36. The Bertz CT molecular complexity index is 2320. The third kappa shape index (κ3) is 18.5. The standard InChI is InChI=1S/C22H29NO.C21H29NO2.C17H25N3O/c1-18(2)16-23-15-14-22(3,4)20(17-23)21(24)13-9-8-12-19-10-6-5-7-11-19;1-16(2)14-22-13-12-21(3,4)19(15-22)20(23)11-8-17-6-9-18(24-5)10-7-17;1-13(2)11-20-8-7-17(3,4)15(12-20)16(21)6-5-14-9-18-19-10-14/h5-13,17-18H,14-16H2,1-4H3;6-11,15-16H,12-14H2,1-5H3;5-6,9-10,12-13H,7-8,11H2,1-4H3,(H,18,19)/b12-8?,13-9+;11-8+;6-5+. The second-order valence-corrected chi connectivity index (χ2v) is 21.9. The molecular weight excluding hydrogens is 855 g/mol. The Balaban J connectivity index is 0.000000226. The van der Waals surface area contributed by atoms with Gasteiger partial charge in [0.25, 0.3) is 0 Å². The fourth-order valence-electron chi connectivity index (χ4n) is 8.52. The minimum absolute atomic E-state index is 0.0575. The maximum absolute atomic E-state index is 12.7. The molecule has 9 nitrogen and oxygen atoms in total. The van der Waals surface area contributed by atoms with E-state index >= 15 is 0 Å². The minimum Gasteiger partial charge on any atom is -0.497 e. The maximum atomic E-state index is 12.7. The Hall–Kier alpha value is -5.96. The molecule has 0 saturated heterocycles. The van der Waals surface area contributed by atoms with E-state index in [9.17, 15) is 14.4 Å². The van der Waals surface area contributed by atoms with Crippen molar-refractivity contribution < 1.29 is 19.1 Å². The maximum Gasteiger partial charge on any atom is 0.183 e. The zero-order valence-corrected chi connectivity index (χ0v) is 44.2. The van der Waals surface area contributed by atoms with Crippen LogP contribution in [-0.4, -0.2) is 88.6 Å². The number of methoxy groups -OCH3 is 1. The van der Waals surface area contributed by atoms with Crippen molar-refractivity contribution in [3.05, 3.63) is 149 Å². The molecule has 0 saturated carbocycles. The van der Waals surface area contributed by atoms with Gasteiger partial charge < -0.3 is 19.4 Å². The molecule has 4 heterocycles. The second-order valence-electron chi connectivity index (χ2n) is 21.9. The number of H-pyrrole nitrogens is 1. The van der Waals surface area contributed by atoms with Crippen molar-refractivity contribution in [1.29, 1.82) is 0 Å². The summed E-state index contributed by atoms with van der Waals surface area (Å²) in [6, 6.07) is 17.8. The summed E-state index contributed by atoms with van der Waals surface area (Å²) < 4.78 is 5.15. The smallest absolute Gasteiger partial charge is 0.183 e. The van der Waals surface area contributed by atoms with Crippen molar-refractivity contribution >= 4 is 35.6 Å². The molecule has 0 atom stereocenters. The molecule has 0 amide bonds. The number of nitrogens with zero attached hydrogens (tertiary/aromatic N) is 4. The van der Waals surface area contributed by atoms with Crippen LogP contribution in [0, 0.1) is 34.0 Å². The first-order valence-corrected chi connectivity index (χ1v) is 25.0. The highest BCUT2D eigenvalue weighted by Crippen LogP contribution is 2.38. The van der Waals surface area contributed by atoms with Crippen LogP contribution < -0.4 is 4.74 Å². The number of ether oxygens (including phenoxy) is 1. The van der Waals surface area contributed by atoms with Crippen molar-refractivity contribution in [2.75, 3.05) is 46.4 Å². The lowest BCUT2D eigenvalue weighted by Gasteiger charge is -2.37. The van der Waals surface area contributed by atoms with E-state index in [4.69, 9.17) is 4.74 Å². The average Bonchev–Trinajstić information content (AvgIpc) is 3.82. The van der Waals surface area contributed by atoms with E-state index in [0.29, 0.717) is 17.8 Å².